The van der Waals surface area contributed by atoms with Crippen molar-refractivity contribution in [2.75, 3.05) is 13.7 Å². The average molecular weight is 275 g/mol. The zero-order valence-electron chi connectivity index (χ0n) is 13.2. The molecule has 1 heterocycles. The topological polar surface area (TPSA) is 21.3 Å². The summed E-state index contributed by atoms with van der Waals surface area (Å²) in [7, 11) is 2.07. The van der Waals surface area contributed by atoms with Crippen molar-refractivity contribution < 1.29 is 4.74 Å². The molecule has 2 unspecified atom stereocenters. The highest BCUT2D eigenvalue weighted by Gasteiger charge is 2.18. The molecule has 0 radical (unpaired) electrons. The van der Waals surface area contributed by atoms with E-state index >= 15 is 0 Å². The molecule has 0 bridgehead atoms. The third kappa shape index (κ3) is 4.60. The van der Waals surface area contributed by atoms with Crippen molar-refractivity contribution in [1.82, 2.24) is 5.32 Å². The van der Waals surface area contributed by atoms with Gasteiger partial charge < -0.3 is 10.1 Å². The summed E-state index contributed by atoms with van der Waals surface area (Å²) in [6.45, 7) is 5.43. The summed E-state index contributed by atoms with van der Waals surface area (Å²) < 4.78 is 5.86. The molecule has 1 aliphatic heterocycles. The van der Waals surface area contributed by atoms with Crippen molar-refractivity contribution in [3.8, 4) is 0 Å². The summed E-state index contributed by atoms with van der Waals surface area (Å²) in [4.78, 5) is 0. The molecule has 0 aromatic heterocycles. The fourth-order valence-electron chi connectivity index (χ4n) is 2.94. The summed E-state index contributed by atoms with van der Waals surface area (Å²) in [6, 6.07) is 9.61. The Balaban J connectivity index is 1.88. The van der Waals surface area contributed by atoms with Crippen LogP contribution in [0.25, 0.3) is 0 Å². The molecule has 0 saturated carbocycles. The minimum absolute atomic E-state index is 0.455. The Hall–Kier alpha value is -0.860. The van der Waals surface area contributed by atoms with Gasteiger partial charge >= 0.3 is 0 Å². The maximum atomic E-state index is 5.86. The standard InChI is InChI=1S/C18H29NO/c1-14(2)16-9-7-15(8-10-16)12-17(19-3)13-18-6-4-5-11-20-18/h7-10,14,17-19H,4-6,11-13H2,1-3H3. The summed E-state index contributed by atoms with van der Waals surface area (Å²) in [5.41, 5.74) is 2.84. The third-order valence-electron chi connectivity index (χ3n) is 4.36. The summed E-state index contributed by atoms with van der Waals surface area (Å²) in [5.74, 6) is 0.611. The first kappa shape index (κ1) is 15.5. The molecular formula is C18H29NO. The highest BCUT2D eigenvalue weighted by molar-refractivity contribution is 5.25. The van der Waals surface area contributed by atoms with Crippen LogP contribution in [0.3, 0.4) is 0 Å². The van der Waals surface area contributed by atoms with E-state index in [1.165, 1.54) is 30.4 Å². The molecule has 0 amide bonds. The molecule has 20 heavy (non-hydrogen) atoms. The van der Waals surface area contributed by atoms with Crippen molar-refractivity contribution in [3.05, 3.63) is 35.4 Å². The predicted octanol–water partition coefficient (Wildman–Crippen LogP) is 3.90. The van der Waals surface area contributed by atoms with Crippen LogP contribution in [0, 0.1) is 0 Å². The fraction of sp³-hybridized carbons (Fsp3) is 0.667. The molecule has 2 atom stereocenters. The van der Waals surface area contributed by atoms with E-state index < -0.39 is 0 Å². The summed E-state index contributed by atoms with van der Waals surface area (Å²) in [6.07, 6.45) is 6.46. The van der Waals surface area contributed by atoms with Crippen LogP contribution < -0.4 is 5.32 Å². The number of likely N-dealkylation sites (N-methyl/N-ethyl adjacent to an activating group) is 1. The van der Waals surface area contributed by atoms with Gasteiger partial charge in [-0.3, -0.25) is 0 Å². The molecule has 1 aromatic carbocycles. The lowest BCUT2D eigenvalue weighted by atomic mass is 9.95. The van der Waals surface area contributed by atoms with Crippen molar-refractivity contribution in [1.29, 1.82) is 0 Å². The molecule has 2 nitrogen and oxygen atoms in total. The first-order chi connectivity index (χ1) is 9.69. The quantitative estimate of drug-likeness (QED) is 0.850. The maximum absolute atomic E-state index is 5.86. The Morgan fingerprint density at radius 3 is 2.50 bits per heavy atom. The van der Waals surface area contributed by atoms with Crippen LogP contribution in [0.5, 0.6) is 0 Å². The van der Waals surface area contributed by atoms with E-state index in [-0.39, 0.29) is 0 Å². The van der Waals surface area contributed by atoms with Crippen molar-refractivity contribution >= 4 is 0 Å². The number of benzene rings is 1. The van der Waals surface area contributed by atoms with E-state index in [1.807, 2.05) is 0 Å². The van der Waals surface area contributed by atoms with Gasteiger partial charge in [-0.05, 0) is 56.2 Å². The fourth-order valence-corrected chi connectivity index (χ4v) is 2.94. The Morgan fingerprint density at radius 1 is 1.20 bits per heavy atom. The van der Waals surface area contributed by atoms with E-state index in [4.69, 9.17) is 4.74 Å². The lowest BCUT2D eigenvalue weighted by Gasteiger charge is -2.27. The van der Waals surface area contributed by atoms with Gasteiger partial charge in [0.05, 0.1) is 6.10 Å². The number of hydrogen-bond donors (Lipinski definition) is 1. The summed E-state index contributed by atoms with van der Waals surface area (Å²) >= 11 is 0. The van der Waals surface area contributed by atoms with E-state index in [0.29, 0.717) is 18.1 Å². The summed E-state index contributed by atoms with van der Waals surface area (Å²) in [5, 5.41) is 3.46. The van der Waals surface area contributed by atoms with Crippen molar-refractivity contribution in [2.45, 2.75) is 64.0 Å². The number of ether oxygens (including phenoxy) is 1. The zero-order valence-corrected chi connectivity index (χ0v) is 13.2. The van der Waals surface area contributed by atoms with Gasteiger partial charge in [0.2, 0.25) is 0 Å². The number of nitrogens with one attached hydrogen (secondary N) is 1. The minimum atomic E-state index is 0.455. The van der Waals surface area contributed by atoms with E-state index in [0.717, 1.165) is 19.4 Å². The monoisotopic (exact) mass is 275 g/mol. The molecule has 1 saturated heterocycles. The van der Waals surface area contributed by atoms with E-state index in [1.54, 1.807) is 0 Å². The average Bonchev–Trinajstić information content (AvgIpc) is 2.48. The molecule has 0 aliphatic carbocycles. The molecule has 112 valence electrons. The van der Waals surface area contributed by atoms with Crippen LogP contribution in [0.15, 0.2) is 24.3 Å². The molecule has 0 spiro atoms. The van der Waals surface area contributed by atoms with Gasteiger partial charge in [0, 0.05) is 12.6 Å². The zero-order chi connectivity index (χ0) is 14.4. The molecule has 1 aliphatic rings. The first-order valence-electron chi connectivity index (χ1n) is 8.06. The largest absolute Gasteiger partial charge is 0.378 e. The van der Waals surface area contributed by atoms with Gasteiger partial charge in [0.15, 0.2) is 0 Å². The second-order valence-corrected chi connectivity index (χ2v) is 6.31. The second kappa shape index (κ2) is 7.80. The van der Waals surface area contributed by atoms with Gasteiger partial charge in [0.1, 0.15) is 0 Å². The van der Waals surface area contributed by atoms with E-state index in [9.17, 15) is 0 Å². The number of hydrogen-bond acceptors (Lipinski definition) is 2. The second-order valence-electron chi connectivity index (χ2n) is 6.31. The van der Waals surface area contributed by atoms with Crippen molar-refractivity contribution in [3.63, 3.8) is 0 Å². The molecule has 1 N–H and O–H groups in total. The first-order valence-corrected chi connectivity index (χ1v) is 8.06. The predicted molar refractivity (Wildman–Crippen MR) is 85.3 cm³/mol. The Bertz CT molecular complexity index is 379. The van der Waals surface area contributed by atoms with E-state index in [2.05, 4.69) is 50.5 Å². The molecule has 1 aromatic rings. The van der Waals surface area contributed by atoms with Crippen molar-refractivity contribution in [2.24, 2.45) is 0 Å². The van der Waals surface area contributed by atoms with Gasteiger partial charge in [0.25, 0.3) is 0 Å². The Labute approximate surface area is 123 Å². The van der Waals surface area contributed by atoms with Gasteiger partial charge in [-0.2, -0.15) is 0 Å². The third-order valence-corrected chi connectivity index (χ3v) is 4.36. The molecule has 2 rings (SSSR count). The normalized spacial score (nSPS) is 21.1. The Morgan fingerprint density at radius 2 is 1.95 bits per heavy atom. The highest BCUT2D eigenvalue weighted by Crippen LogP contribution is 2.20. The molecule has 1 fully saturated rings. The smallest absolute Gasteiger partial charge is 0.0590 e. The van der Waals surface area contributed by atoms with Gasteiger partial charge in [-0.1, -0.05) is 38.1 Å². The van der Waals surface area contributed by atoms with Crippen LogP contribution in [0.2, 0.25) is 0 Å². The van der Waals surface area contributed by atoms with Gasteiger partial charge in [-0.25, -0.2) is 0 Å². The van der Waals surface area contributed by atoms with Crippen LogP contribution in [0.4, 0.5) is 0 Å². The van der Waals surface area contributed by atoms with Crippen LogP contribution in [0.1, 0.15) is 56.6 Å². The molecular weight excluding hydrogens is 246 g/mol. The van der Waals surface area contributed by atoms with Crippen LogP contribution in [-0.4, -0.2) is 25.8 Å². The maximum Gasteiger partial charge on any atom is 0.0590 e. The minimum Gasteiger partial charge on any atom is -0.378 e. The number of rotatable bonds is 6. The lowest BCUT2D eigenvalue weighted by Crippen LogP contribution is -2.34. The highest BCUT2D eigenvalue weighted by atomic mass is 16.5. The molecule has 2 heteroatoms. The van der Waals surface area contributed by atoms with Gasteiger partial charge in [-0.15, -0.1) is 0 Å². The van der Waals surface area contributed by atoms with Crippen LogP contribution >= 0.6 is 0 Å². The lowest BCUT2D eigenvalue weighted by molar-refractivity contribution is 0.00569. The SMILES string of the molecule is CNC(Cc1ccc(C(C)C)cc1)CC1CCCCO1. The van der Waals surface area contributed by atoms with Crippen LogP contribution in [-0.2, 0) is 11.2 Å². The Kier molecular flexibility index (Phi) is 6.06.